The number of nitrogens with two attached hydrogens (primary N) is 1. The zero-order valence-electron chi connectivity index (χ0n) is 19.3. The summed E-state index contributed by atoms with van der Waals surface area (Å²) >= 11 is 0. The first-order valence-corrected chi connectivity index (χ1v) is 12.7. The standard InChI is InChI=1S/C26H28N4O3S/c1-3-29-24-17-22(33-2)13-14-23(24)25(27)26(29)20-9-11-21(12-10-20)30-16-15-28(34(30,31)32)18-19-7-5-4-6-8-19/h4-14,17H,3,15-16,18,27H2,1-2H3. The first kappa shape index (κ1) is 22.3. The van der Waals surface area contributed by atoms with Gasteiger partial charge < -0.3 is 15.0 Å². The molecule has 0 atom stereocenters. The number of benzene rings is 3. The van der Waals surface area contributed by atoms with Gasteiger partial charge in [-0.15, -0.1) is 0 Å². The number of rotatable bonds is 6. The predicted molar refractivity (Wildman–Crippen MR) is 137 cm³/mol. The Hall–Kier alpha value is -3.49. The molecule has 0 bridgehead atoms. The zero-order chi connectivity index (χ0) is 23.9. The van der Waals surface area contributed by atoms with E-state index in [9.17, 15) is 8.42 Å². The summed E-state index contributed by atoms with van der Waals surface area (Å²) in [5.74, 6) is 0.779. The molecule has 0 radical (unpaired) electrons. The van der Waals surface area contributed by atoms with Gasteiger partial charge in [0.05, 0.1) is 29.7 Å². The van der Waals surface area contributed by atoms with Crippen LogP contribution >= 0.6 is 0 Å². The Morgan fingerprint density at radius 1 is 0.971 bits per heavy atom. The Morgan fingerprint density at radius 3 is 2.38 bits per heavy atom. The van der Waals surface area contributed by atoms with E-state index in [1.807, 2.05) is 72.8 Å². The summed E-state index contributed by atoms with van der Waals surface area (Å²) in [5, 5.41) is 0.973. The third kappa shape index (κ3) is 3.69. The van der Waals surface area contributed by atoms with Gasteiger partial charge in [0.15, 0.2) is 0 Å². The number of hydrogen-bond acceptors (Lipinski definition) is 4. The van der Waals surface area contributed by atoms with Crippen LogP contribution in [0.4, 0.5) is 11.4 Å². The van der Waals surface area contributed by atoms with Crippen molar-refractivity contribution in [2.24, 2.45) is 0 Å². The van der Waals surface area contributed by atoms with Crippen LogP contribution in [0, 0.1) is 0 Å². The average molecular weight is 477 g/mol. The van der Waals surface area contributed by atoms with Crippen molar-refractivity contribution < 1.29 is 13.2 Å². The van der Waals surface area contributed by atoms with Crippen LogP contribution in [0.2, 0.25) is 0 Å². The lowest BCUT2D eigenvalue weighted by Gasteiger charge is -2.20. The van der Waals surface area contributed by atoms with Crippen LogP contribution in [-0.4, -0.2) is 37.5 Å². The van der Waals surface area contributed by atoms with Gasteiger partial charge in [0.2, 0.25) is 0 Å². The van der Waals surface area contributed by atoms with Gasteiger partial charge in [0, 0.05) is 43.2 Å². The summed E-state index contributed by atoms with van der Waals surface area (Å²) in [7, 11) is -1.93. The van der Waals surface area contributed by atoms with Crippen molar-refractivity contribution in [2.45, 2.75) is 20.0 Å². The molecule has 1 aliphatic rings. The maximum atomic E-state index is 13.2. The Bertz CT molecular complexity index is 1430. The van der Waals surface area contributed by atoms with Crippen molar-refractivity contribution >= 4 is 32.5 Å². The van der Waals surface area contributed by atoms with E-state index in [1.54, 1.807) is 7.11 Å². The van der Waals surface area contributed by atoms with E-state index < -0.39 is 10.2 Å². The molecule has 3 aromatic carbocycles. The molecule has 176 valence electrons. The summed E-state index contributed by atoms with van der Waals surface area (Å²) in [6.45, 7) is 4.07. The molecule has 1 fully saturated rings. The molecule has 2 N–H and O–H groups in total. The molecule has 1 saturated heterocycles. The van der Waals surface area contributed by atoms with E-state index in [-0.39, 0.29) is 0 Å². The fraction of sp³-hybridized carbons (Fsp3) is 0.231. The fourth-order valence-corrected chi connectivity index (χ4v) is 6.29. The molecule has 0 aliphatic carbocycles. The lowest BCUT2D eigenvalue weighted by molar-refractivity contribution is 0.415. The third-order valence-electron chi connectivity index (χ3n) is 6.41. The van der Waals surface area contributed by atoms with E-state index >= 15 is 0 Å². The summed E-state index contributed by atoms with van der Waals surface area (Å²) in [4.78, 5) is 0. The Morgan fingerprint density at radius 2 is 1.71 bits per heavy atom. The van der Waals surface area contributed by atoms with Crippen LogP contribution in [0.25, 0.3) is 22.2 Å². The van der Waals surface area contributed by atoms with Crippen LogP contribution in [0.5, 0.6) is 5.75 Å². The molecule has 8 heteroatoms. The molecule has 2 heterocycles. The molecule has 0 unspecified atom stereocenters. The number of ether oxygens (including phenoxy) is 1. The SMILES string of the molecule is CCn1c(-c2ccc(N3CCN(Cc4ccccc4)S3(=O)=O)cc2)c(N)c2ccc(OC)cc21. The molecule has 1 aromatic heterocycles. The molecule has 0 spiro atoms. The maximum Gasteiger partial charge on any atom is 0.304 e. The second-order valence-corrected chi connectivity index (χ2v) is 10.2. The van der Waals surface area contributed by atoms with Gasteiger partial charge in [0.1, 0.15) is 5.75 Å². The summed E-state index contributed by atoms with van der Waals surface area (Å²) < 4.78 is 37.0. The zero-order valence-corrected chi connectivity index (χ0v) is 20.1. The molecule has 0 saturated carbocycles. The predicted octanol–water partition coefficient (Wildman–Crippen LogP) is 4.49. The van der Waals surface area contributed by atoms with Crippen molar-refractivity contribution in [3.05, 3.63) is 78.4 Å². The minimum atomic E-state index is -3.58. The average Bonchev–Trinajstić information content (AvgIpc) is 3.31. The smallest absolute Gasteiger partial charge is 0.304 e. The molecular formula is C26H28N4O3S. The highest BCUT2D eigenvalue weighted by Crippen LogP contribution is 2.38. The van der Waals surface area contributed by atoms with Crippen LogP contribution < -0.4 is 14.8 Å². The molecule has 0 amide bonds. The van der Waals surface area contributed by atoms with Crippen molar-refractivity contribution in [1.82, 2.24) is 8.87 Å². The van der Waals surface area contributed by atoms with Gasteiger partial charge >= 0.3 is 10.2 Å². The number of anilines is 2. The van der Waals surface area contributed by atoms with Gasteiger partial charge in [-0.25, -0.2) is 0 Å². The van der Waals surface area contributed by atoms with Crippen molar-refractivity contribution in [1.29, 1.82) is 0 Å². The number of aromatic nitrogens is 1. The number of methoxy groups -OCH3 is 1. The lowest BCUT2D eigenvalue weighted by atomic mass is 10.1. The van der Waals surface area contributed by atoms with Crippen molar-refractivity contribution in [2.75, 3.05) is 30.2 Å². The highest BCUT2D eigenvalue weighted by Gasteiger charge is 2.36. The largest absolute Gasteiger partial charge is 0.497 e. The molecule has 1 aliphatic heterocycles. The summed E-state index contributed by atoms with van der Waals surface area (Å²) in [5.41, 5.74) is 11.8. The van der Waals surface area contributed by atoms with Crippen LogP contribution in [0.1, 0.15) is 12.5 Å². The first-order valence-electron chi connectivity index (χ1n) is 11.3. The molecule has 4 aromatic rings. The quantitative estimate of drug-likeness (QED) is 0.445. The second kappa shape index (κ2) is 8.70. The number of nitrogens with zero attached hydrogens (tertiary/aromatic N) is 3. The topological polar surface area (TPSA) is 80.8 Å². The Kier molecular flexibility index (Phi) is 5.71. The van der Waals surface area contributed by atoms with Gasteiger partial charge in [-0.05, 0) is 36.8 Å². The van der Waals surface area contributed by atoms with E-state index in [2.05, 4.69) is 11.5 Å². The minimum absolute atomic E-state index is 0.369. The molecular weight excluding hydrogens is 448 g/mol. The monoisotopic (exact) mass is 476 g/mol. The van der Waals surface area contributed by atoms with Crippen LogP contribution in [0.15, 0.2) is 72.8 Å². The van der Waals surface area contributed by atoms with Crippen molar-refractivity contribution in [3.8, 4) is 17.0 Å². The number of fused-ring (bicyclic) bond motifs is 1. The molecule has 5 rings (SSSR count). The highest BCUT2D eigenvalue weighted by atomic mass is 32.2. The van der Waals surface area contributed by atoms with Gasteiger partial charge in [-0.3, -0.25) is 4.31 Å². The number of aryl methyl sites for hydroxylation is 1. The van der Waals surface area contributed by atoms with E-state index in [1.165, 1.54) is 8.61 Å². The van der Waals surface area contributed by atoms with Crippen LogP contribution in [0.3, 0.4) is 0 Å². The lowest BCUT2D eigenvalue weighted by Crippen LogP contribution is -2.32. The van der Waals surface area contributed by atoms with Crippen LogP contribution in [-0.2, 0) is 23.3 Å². The number of nitrogen functional groups attached to an aromatic ring is 1. The Balaban J connectivity index is 1.46. The normalized spacial score (nSPS) is 15.8. The first-order chi connectivity index (χ1) is 16.4. The van der Waals surface area contributed by atoms with Gasteiger partial charge in [-0.1, -0.05) is 42.5 Å². The van der Waals surface area contributed by atoms with Crippen molar-refractivity contribution in [3.63, 3.8) is 0 Å². The van der Waals surface area contributed by atoms with Gasteiger partial charge in [0.25, 0.3) is 0 Å². The maximum absolute atomic E-state index is 13.2. The fourth-order valence-electron chi connectivity index (χ4n) is 4.69. The third-order valence-corrected chi connectivity index (χ3v) is 8.33. The van der Waals surface area contributed by atoms with E-state index in [4.69, 9.17) is 10.5 Å². The highest BCUT2D eigenvalue weighted by molar-refractivity contribution is 7.90. The molecule has 7 nitrogen and oxygen atoms in total. The summed E-state index contributed by atoms with van der Waals surface area (Å²) in [6.07, 6.45) is 0. The van der Waals surface area contributed by atoms with E-state index in [0.717, 1.165) is 40.0 Å². The van der Waals surface area contributed by atoms with Gasteiger partial charge in [-0.2, -0.15) is 12.7 Å². The van der Waals surface area contributed by atoms with E-state index in [0.29, 0.717) is 31.0 Å². The minimum Gasteiger partial charge on any atom is -0.497 e. The molecule has 34 heavy (non-hydrogen) atoms. The second-order valence-electron chi connectivity index (χ2n) is 8.34. The summed E-state index contributed by atoms with van der Waals surface area (Å²) in [6, 6.07) is 23.1. The Labute approximate surface area is 200 Å². The number of hydrogen-bond donors (Lipinski definition) is 1.